The average Bonchev–Trinajstić information content (AvgIpc) is 1.81. The van der Waals surface area contributed by atoms with Crippen LogP contribution in [0.2, 0.25) is 0 Å². The number of aliphatic hydroxyl groups is 1. The van der Waals surface area contributed by atoms with Crippen LogP contribution in [0.5, 0.6) is 0 Å². The molecule has 2 saturated carbocycles. The van der Waals surface area contributed by atoms with Gasteiger partial charge in [0, 0.05) is 0 Å². The molecule has 0 aromatic rings. The highest BCUT2D eigenvalue weighted by Gasteiger charge is 2.47. The molecule has 0 radical (unpaired) electrons. The van der Waals surface area contributed by atoms with Crippen molar-refractivity contribution < 1.29 is 5.11 Å². The van der Waals surface area contributed by atoms with Gasteiger partial charge in [-0.1, -0.05) is 19.1 Å². The van der Waals surface area contributed by atoms with E-state index in [4.69, 9.17) is 0 Å². The molecule has 2 fully saturated rings. The van der Waals surface area contributed by atoms with E-state index in [1.54, 1.807) is 0 Å². The summed E-state index contributed by atoms with van der Waals surface area (Å²) in [6, 6.07) is 0. The Morgan fingerprint density at radius 1 is 1.64 bits per heavy atom. The summed E-state index contributed by atoms with van der Waals surface area (Å²) < 4.78 is 0. The van der Waals surface area contributed by atoms with Gasteiger partial charge in [0.15, 0.2) is 0 Å². The molecule has 0 spiro atoms. The standard InChI is InChI=1S/C10H16O/c1-7-5-8(11)6-10(2)4-3-9(7)10/h8-9,11H,1,3-6H2,2H3. The van der Waals surface area contributed by atoms with E-state index in [9.17, 15) is 5.11 Å². The Morgan fingerprint density at radius 3 is 2.82 bits per heavy atom. The second-order valence-electron chi connectivity index (χ2n) is 4.47. The van der Waals surface area contributed by atoms with E-state index in [2.05, 4.69) is 13.5 Å². The van der Waals surface area contributed by atoms with Crippen LogP contribution >= 0.6 is 0 Å². The molecular formula is C10H16O. The first-order valence-electron chi connectivity index (χ1n) is 4.47. The molecule has 0 heterocycles. The zero-order chi connectivity index (χ0) is 8.06. The Bertz CT molecular complexity index is 197. The molecular weight excluding hydrogens is 136 g/mol. The van der Waals surface area contributed by atoms with Crippen LogP contribution in [0.3, 0.4) is 0 Å². The minimum absolute atomic E-state index is 0.107. The van der Waals surface area contributed by atoms with Gasteiger partial charge in [-0.2, -0.15) is 0 Å². The van der Waals surface area contributed by atoms with Crippen molar-refractivity contribution >= 4 is 0 Å². The summed E-state index contributed by atoms with van der Waals surface area (Å²) in [5.41, 5.74) is 1.70. The van der Waals surface area contributed by atoms with Crippen LogP contribution in [0.15, 0.2) is 12.2 Å². The fourth-order valence-electron chi connectivity index (χ4n) is 2.78. The third-order valence-electron chi connectivity index (χ3n) is 3.54. The van der Waals surface area contributed by atoms with Crippen molar-refractivity contribution in [3.8, 4) is 0 Å². The highest BCUT2D eigenvalue weighted by atomic mass is 16.3. The molecule has 2 rings (SSSR count). The van der Waals surface area contributed by atoms with Crippen molar-refractivity contribution in [1.82, 2.24) is 0 Å². The first-order valence-corrected chi connectivity index (χ1v) is 4.47. The molecule has 2 aliphatic carbocycles. The van der Waals surface area contributed by atoms with Gasteiger partial charge >= 0.3 is 0 Å². The Balaban J connectivity index is 2.17. The first kappa shape index (κ1) is 7.35. The van der Waals surface area contributed by atoms with Crippen molar-refractivity contribution in [3.63, 3.8) is 0 Å². The smallest absolute Gasteiger partial charge is 0.0582 e. The lowest BCUT2D eigenvalue weighted by atomic mass is 9.53. The van der Waals surface area contributed by atoms with E-state index in [0.29, 0.717) is 5.41 Å². The summed E-state index contributed by atoms with van der Waals surface area (Å²) in [6.45, 7) is 6.32. The Kier molecular flexibility index (Phi) is 1.40. The topological polar surface area (TPSA) is 20.2 Å². The van der Waals surface area contributed by atoms with Gasteiger partial charge in [-0.3, -0.25) is 0 Å². The number of hydrogen-bond donors (Lipinski definition) is 1. The summed E-state index contributed by atoms with van der Waals surface area (Å²) in [5, 5.41) is 9.51. The van der Waals surface area contributed by atoms with Gasteiger partial charge in [-0.25, -0.2) is 0 Å². The zero-order valence-electron chi connectivity index (χ0n) is 7.14. The second-order valence-corrected chi connectivity index (χ2v) is 4.47. The van der Waals surface area contributed by atoms with Crippen LogP contribution in [-0.2, 0) is 0 Å². The van der Waals surface area contributed by atoms with E-state index in [1.807, 2.05) is 0 Å². The molecule has 2 aliphatic rings. The van der Waals surface area contributed by atoms with Crippen molar-refractivity contribution in [2.45, 2.75) is 38.7 Å². The predicted molar refractivity (Wildman–Crippen MR) is 45.2 cm³/mol. The van der Waals surface area contributed by atoms with Gasteiger partial charge < -0.3 is 5.11 Å². The molecule has 1 heteroatoms. The van der Waals surface area contributed by atoms with Gasteiger partial charge in [0.2, 0.25) is 0 Å². The van der Waals surface area contributed by atoms with Gasteiger partial charge in [0.05, 0.1) is 6.10 Å². The number of hydrogen-bond acceptors (Lipinski definition) is 1. The lowest BCUT2D eigenvalue weighted by molar-refractivity contribution is -0.0193. The van der Waals surface area contributed by atoms with Crippen LogP contribution in [0.25, 0.3) is 0 Å². The summed E-state index contributed by atoms with van der Waals surface area (Å²) in [7, 11) is 0. The second kappa shape index (κ2) is 2.10. The maximum Gasteiger partial charge on any atom is 0.0582 e. The largest absolute Gasteiger partial charge is 0.393 e. The molecule has 1 nitrogen and oxygen atoms in total. The van der Waals surface area contributed by atoms with Crippen molar-refractivity contribution in [3.05, 3.63) is 12.2 Å². The molecule has 11 heavy (non-hydrogen) atoms. The third kappa shape index (κ3) is 0.943. The highest BCUT2D eigenvalue weighted by molar-refractivity contribution is 5.17. The maximum atomic E-state index is 9.51. The Hall–Kier alpha value is -0.300. The lowest BCUT2D eigenvalue weighted by Gasteiger charge is -2.53. The molecule has 0 saturated heterocycles. The summed E-state index contributed by atoms with van der Waals surface area (Å²) in [4.78, 5) is 0. The first-order chi connectivity index (χ1) is 5.12. The van der Waals surface area contributed by atoms with Crippen LogP contribution in [-0.4, -0.2) is 11.2 Å². The minimum Gasteiger partial charge on any atom is -0.393 e. The van der Waals surface area contributed by atoms with Crippen molar-refractivity contribution in [1.29, 1.82) is 0 Å². The van der Waals surface area contributed by atoms with Gasteiger partial charge in [-0.05, 0) is 37.0 Å². The lowest BCUT2D eigenvalue weighted by Crippen LogP contribution is -2.45. The Labute approximate surface area is 68.1 Å². The zero-order valence-corrected chi connectivity index (χ0v) is 7.14. The Morgan fingerprint density at radius 2 is 2.36 bits per heavy atom. The summed E-state index contributed by atoms with van der Waals surface area (Å²) in [6.07, 6.45) is 4.33. The van der Waals surface area contributed by atoms with Crippen LogP contribution in [0.4, 0.5) is 0 Å². The highest BCUT2D eigenvalue weighted by Crippen LogP contribution is 2.56. The van der Waals surface area contributed by atoms with Crippen LogP contribution in [0, 0.1) is 11.3 Å². The van der Waals surface area contributed by atoms with Gasteiger partial charge in [-0.15, -0.1) is 0 Å². The van der Waals surface area contributed by atoms with Crippen LogP contribution < -0.4 is 0 Å². The van der Waals surface area contributed by atoms with Crippen molar-refractivity contribution in [2.24, 2.45) is 11.3 Å². The molecule has 1 N–H and O–H groups in total. The molecule has 0 bridgehead atoms. The fraction of sp³-hybridized carbons (Fsp3) is 0.800. The quantitative estimate of drug-likeness (QED) is 0.527. The normalized spacial score (nSPS) is 49.8. The molecule has 0 amide bonds. The molecule has 3 atom stereocenters. The van der Waals surface area contributed by atoms with E-state index in [-0.39, 0.29) is 6.10 Å². The third-order valence-corrected chi connectivity index (χ3v) is 3.54. The van der Waals surface area contributed by atoms with E-state index in [0.717, 1.165) is 18.8 Å². The summed E-state index contributed by atoms with van der Waals surface area (Å²) in [5.74, 6) is 0.728. The SMILES string of the molecule is C=C1CC(O)CC2(C)CCC12. The molecule has 0 aliphatic heterocycles. The van der Waals surface area contributed by atoms with Gasteiger partial charge in [0.25, 0.3) is 0 Å². The monoisotopic (exact) mass is 152 g/mol. The molecule has 3 unspecified atom stereocenters. The minimum atomic E-state index is -0.107. The van der Waals surface area contributed by atoms with E-state index >= 15 is 0 Å². The van der Waals surface area contributed by atoms with Crippen LogP contribution in [0.1, 0.15) is 32.6 Å². The average molecular weight is 152 g/mol. The number of rotatable bonds is 0. The molecule has 0 aromatic carbocycles. The number of fused-ring (bicyclic) bond motifs is 1. The fourth-order valence-corrected chi connectivity index (χ4v) is 2.78. The molecule has 0 aromatic heterocycles. The molecule has 62 valence electrons. The van der Waals surface area contributed by atoms with Crippen molar-refractivity contribution in [2.75, 3.05) is 0 Å². The summed E-state index contributed by atoms with van der Waals surface area (Å²) >= 11 is 0. The van der Waals surface area contributed by atoms with E-state index in [1.165, 1.54) is 18.4 Å². The maximum absolute atomic E-state index is 9.51. The van der Waals surface area contributed by atoms with E-state index < -0.39 is 0 Å². The van der Waals surface area contributed by atoms with Gasteiger partial charge in [0.1, 0.15) is 0 Å². The number of aliphatic hydroxyl groups excluding tert-OH is 1. The predicted octanol–water partition coefficient (Wildman–Crippen LogP) is 2.11.